The maximum atomic E-state index is 12.0. The molecule has 2 rings (SSSR count). The molecular formula is C12H15Br2N5O. The minimum Gasteiger partial charge on any atom is -0.351 e. The summed E-state index contributed by atoms with van der Waals surface area (Å²) >= 11 is 6.69. The molecule has 0 fully saturated rings. The van der Waals surface area contributed by atoms with E-state index in [1.54, 1.807) is 17.1 Å². The third-order valence-electron chi connectivity index (χ3n) is 2.71. The Labute approximate surface area is 133 Å². The SMILES string of the molecule is CCn1cc(Br)c(C(=O)NCCCn2cc(Br)cn2)n1. The van der Waals surface area contributed by atoms with E-state index in [-0.39, 0.29) is 5.91 Å². The van der Waals surface area contributed by atoms with Gasteiger partial charge in [-0.15, -0.1) is 0 Å². The molecule has 8 heteroatoms. The van der Waals surface area contributed by atoms with Crippen LogP contribution in [0.2, 0.25) is 0 Å². The summed E-state index contributed by atoms with van der Waals surface area (Å²) in [5, 5.41) is 11.2. The van der Waals surface area contributed by atoms with Crippen LogP contribution in [0.5, 0.6) is 0 Å². The predicted molar refractivity (Wildman–Crippen MR) is 82.5 cm³/mol. The monoisotopic (exact) mass is 403 g/mol. The molecule has 2 aromatic rings. The lowest BCUT2D eigenvalue weighted by molar-refractivity contribution is 0.0946. The number of rotatable bonds is 6. The second-order valence-corrected chi connectivity index (χ2v) is 5.98. The summed E-state index contributed by atoms with van der Waals surface area (Å²) in [7, 11) is 0. The second kappa shape index (κ2) is 7.03. The van der Waals surface area contributed by atoms with E-state index in [0.717, 1.165) is 24.0 Å². The Morgan fingerprint density at radius 3 is 2.75 bits per heavy atom. The van der Waals surface area contributed by atoms with Gasteiger partial charge in [0.05, 0.1) is 15.1 Å². The fourth-order valence-electron chi connectivity index (χ4n) is 1.70. The summed E-state index contributed by atoms with van der Waals surface area (Å²) in [5.41, 5.74) is 0.425. The highest BCUT2D eigenvalue weighted by atomic mass is 79.9. The number of nitrogens with one attached hydrogen (secondary N) is 1. The number of nitrogens with zero attached hydrogens (tertiary/aromatic N) is 4. The average molecular weight is 405 g/mol. The van der Waals surface area contributed by atoms with Crippen LogP contribution >= 0.6 is 31.9 Å². The molecule has 0 bridgehead atoms. The van der Waals surface area contributed by atoms with Crippen LogP contribution in [0.3, 0.4) is 0 Å². The summed E-state index contributed by atoms with van der Waals surface area (Å²) in [6.45, 7) is 4.06. The number of halogens is 2. The molecule has 0 saturated carbocycles. The van der Waals surface area contributed by atoms with Crippen LogP contribution in [0.1, 0.15) is 23.8 Å². The summed E-state index contributed by atoms with van der Waals surface area (Å²) in [6, 6.07) is 0. The van der Waals surface area contributed by atoms with Crippen molar-refractivity contribution in [2.24, 2.45) is 0 Å². The topological polar surface area (TPSA) is 64.7 Å². The maximum absolute atomic E-state index is 12.0. The molecule has 108 valence electrons. The molecular weight excluding hydrogens is 390 g/mol. The molecule has 0 aliphatic carbocycles. The third kappa shape index (κ3) is 3.92. The first-order chi connectivity index (χ1) is 9.60. The highest BCUT2D eigenvalue weighted by molar-refractivity contribution is 9.10. The van der Waals surface area contributed by atoms with Crippen LogP contribution in [-0.2, 0) is 13.1 Å². The van der Waals surface area contributed by atoms with Gasteiger partial charge in [0, 0.05) is 32.0 Å². The van der Waals surface area contributed by atoms with E-state index in [9.17, 15) is 4.79 Å². The first-order valence-electron chi connectivity index (χ1n) is 6.29. The first-order valence-corrected chi connectivity index (χ1v) is 7.88. The zero-order valence-electron chi connectivity index (χ0n) is 11.0. The molecule has 1 amide bonds. The minimum absolute atomic E-state index is 0.161. The van der Waals surface area contributed by atoms with Crippen molar-refractivity contribution in [3.8, 4) is 0 Å². The lowest BCUT2D eigenvalue weighted by Crippen LogP contribution is -2.26. The zero-order chi connectivity index (χ0) is 14.5. The van der Waals surface area contributed by atoms with E-state index in [4.69, 9.17) is 0 Å². The average Bonchev–Trinajstić information content (AvgIpc) is 3.00. The number of amides is 1. The van der Waals surface area contributed by atoms with Gasteiger partial charge in [0.2, 0.25) is 0 Å². The van der Waals surface area contributed by atoms with Crippen LogP contribution in [0.15, 0.2) is 27.5 Å². The highest BCUT2D eigenvalue weighted by Gasteiger charge is 2.14. The number of aryl methyl sites for hydroxylation is 2. The standard InChI is InChI=1S/C12H15Br2N5O/c1-2-18-8-10(14)11(17-18)12(20)15-4-3-5-19-7-9(13)6-16-19/h6-8H,2-5H2,1H3,(H,15,20). The number of carbonyl (C=O) groups is 1. The lowest BCUT2D eigenvalue weighted by Gasteiger charge is -2.04. The van der Waals surface area contributed by atoms with Gasteiger partial charge in [-0.05, 0) is 45.2 Å². The van der Waals surface area contributed by atoms with Gasteiger partial charge >= 0.3 is 0 Å². The molecule has 0 atom stereocenters. The van der Waals surface area contributed by atoms with Crippen molar-refractivity contribution in [2.75, 3.05) is 6.54 Å². The van der Waals surface area contributed by atoms with Crippen LogP contribution in [0.25, 0.3) is 0 Å². The van der Waals surface area contributed by atoms with Crippen molar-refractivity contribution in [2.45, 2.75) is 26.4 Å². The van der Waals surface area contributed by atoms with Crippen molar-refractivity contribution >= 4 is 37.8 Å². The van der Waals surface area contributed by atoms with Crippen molar-refractivity contribution in [3.63, 3.8) is 0 Å². The quantitative estimate of drug-likeness (QED) is 0.752. The van der Waals surface area contributed by atoms with Gasteiger partial charge in [0.15, 0.2) is 5.69 Å². The van der Waals surface area contributed by atoms with Crippen molar-refractivity contribution in [3.05, 3.63) is 33.2 Å². The maximum Gasteiger partial charge on any atom is 0.272 e. The molecule has 0 spiro atoms. The molecule has 20 heavy (non-hydrogen) atoms. The normalized spacial score (nSPS) is 10.8. The van der Waals surface area contributed by atoms with E-state index in [2.05, 4.69) is 47.4 Å². The highest BCUT2D eigenvalue weighted by Crippen LogP contribution is 2.14. The van der Waals surface area contributed by atoms with Crippen molar-refractivity contribution in [1.82, 2.24) is 24.9 Å². The molecule has 0 aliphatic rings. The lowest BCUT2D eigenvalue weighted by atomic mass is 10.3. The number of hydrogen-bond acceptors (Lipinski definition) is 3. The van der Waals surface area contributed by atoms with Gasteiger partial charge in [-0.3, -0.25) is 14.2 Å². The number of carbonyl (C=O) groups excluding carboxylic acids is 1. The van der Waals surface area contributed by atoms with Gasteiger partial charge < -0.3 is 5.32 Å². The third-order valence-corrected chi connectivity index (χ3v) is 3.70. The molecule has 0 unspecified atom stereocenters. The summed E-state index contributed by atoms with van der Waals surface area (Å²) in [4.78, 5) is 12.0. The minimum atomic E-state index is -0.161. The molecule has 0 saturated heterocycles. The van der Waals surface area contributed by atoms with Gasteiger partial charge in [-0.25, -0.2) is 0 Å². The Morgan fingerprint density at radius 1 is 1.35 bits per heavy atom. The largest absolute Gasteiger partial charge is 0.351 e. The summed E-state index contributed by atoms with van der Waals surface area (Å²) in [5.74, 6) is -0.161. The number of aromatic nitrogens is 4. The Morgan fingerprint density at radius 2 is 2.15 bits per heavy atom. The molecule has 2 heterocycles. The van der Waals surface area contributed by atoms with Gasteiger partial charge in [0.25, 0.3) is 5.91 Å². The smallest absolute Gasteiger partial charge is 0.272 e. The van der Waals surface area contributed by atoms with Gasteiger partial charge in [-0.2, -0.15) is 10.2 Å². The fourth-order valence-corrected chi connectivity index (χ4v) is 2.52. The van der Waals surface area contributed by atoms with Crippen LogP contribution in [0, 0.1) is 0 Å². The van der Waals surface area contributed by atoms with E-state index in [1.807, 2.05) is 17.8 Å². The summed E-state index contributed by atoms with van der Waals surface area (Å²) < 4.78 is 5.22. The van der Waals surface area contributed by atoms with Crippen LogP contribution in [0.4, 0.5) is 0 Å². The molecule has 0 radical (unpaired) electrons. The van der Waals surface area contributed by atoms with E-state index < -0.39 is 0 Å². The first kappa shape index (κ1) is 15.2. The summed E-state index contributed by atoms with van der Waals surface area (Å²) in [6.07, 6.45) is 6.26. The Balaban J connectivity index is 1.78. The Hall–Kier alpha value is -1.15. The van der Waals surface area contributed by atoms with Crippen molar-refractivity contribution < 1.29 is 4.79 Å². The van der Waals surface area contributed by atoms with Crippen molar-refractivity contribution in [1.29, 1.82) is 0 Å². The van der Waals surface area contributed by atoms with E-state index in [0.29, 0.717) is 16.7 Å². The number of hydrogen-bond donors (Lipinski definition) is 1. The molecule has 2 aromatic heterocycles. The van der Waals surface area contributed by atoms with E-state index >= 15 is 0 Å². The zero-order valence-corrected chi connectivity index (χ0v) is 14.2. The Bertz CT molecular complexity index is 592. The Kier molecular flexibility index (Phi) is 5.36. The molecule has 6 nitrogen and oxygen atoms in total. The van der Waals surface area contributed by atoms with E-state index in [1.165, 1.54) is 0 Å². The molecule has 0 aromatic carbocycles. The van der Waals surface area contributed by atoms with Gasteiger partial charge in [-0.1, -0.05) is 0 Å². The predicted octanol–water partition coefficient (Wildman–Crippen LogP) is 2.44. The molecule has 1 N–H and O–H groups in total. The van der Waals surface area contributed by atoms with Gasteiger partial charge in [0.1, 0.15) is 0 Å². The fraction of sp³-hybridized carbons (Fsp3) is 0.417. The van der Waals surface area contributed by atoms with Crippen LogP contribution in [-0.4, -0.2) is 32.0 Å². The second-order valence-electron chi connectivity index (χ2n) is 4.21. The molecule has 0 aliphatic heterocycles. The van der Waals surface area contributed by atoms with Crippen LogP contribution < -0.4 is 5.32 Å².